The minimum atomic E-state index is -3.98. The molecule has 1 N–H and O–H groups in total. The third kappa shape index (κ3) is 5.24. The summed E-state index contributed by atoms with van der Waals surface area (Å²) in [5.41, 5.74) is -0.0455. The van der Waals surface area contributed by atoms with Gasteiger partial charge >= 0.3 is 0 Å². The van der Waals surface area contributed by atoms with Crippen LogP contribution in [0, 0.1) is 10.1 Å². The summed E-state index contributed by atoms with van der Waals surface area (Å²) in [6, 6.07) is 10.6. The van der Waals surface area contributed by atoms with Gasteiger partial charge in [0.1, 0.15) is 29.3 Å². The number of nitrogens with zero attached hydrogens (tertiary/aromatic N) is 2. The second-order valence-corrected chi connectivity index (χ2v) is 10.1. The Morgan fingerprint density at radius 1 is 1.26 bits per heavy atom. The lowest BCUT2D eigenvalue weighted by atomic mass is 9.83. The molecule has 1 atom stereocenters. The fourth-order valence-electron chi connectivity index (χ4n) is 4.17. The SMILES string of the molecule is CCC1(CC)C[C@@H](NC(=O)CN(c2cc([N+](=O)[O-])ccc2OC)S(C)(=O)=O)c2ccccc2O1. The minimum Gasteiger partial charge on any atom is -0.495 e. The molecule has 2 aromatic carbocycles. The normalized spacial score (nSPS) is 16.6. The Kier molecular flexibility index (Phi) is 7.35. The number of sulfonamides is 1. The van der Waals surface area contributed by atoms with Gasteiger partial charge in [0, 0.05) is 24.1 Å². The molecule has 1 aliphatic heterocycles. The molecular weight excluding hydrogens is 462 g/mol. The fourth-order valence-corrected chi connectivity index (χ4v) is 5.02. The standard InChI is InChI=1S/C23H29N3O7S/c1-5-23(6-2)14-18(17-9-7-8-10-20(17)33-23)24-22(27)15-25(34(4,30)31)19-13-16(26(28)29)11-12-21(19)32-3/h7-13,18H,5-6,14-15H2,1-4H3,(H,24,27)/t18-/m1/s1. The first-order valence-electron chi connectivity index (χ1n) is 10.9. The molecule has 11 heteroatoms. The molecule has 2 aromatic rings. The average Bonchev–Trinajstić information content (AvgIpc) is 2.81. The zero-order chi connectivity index (χ0) is 25.1. The summed E-state index contributed by atoms with van der Waals surface area (Å²) in [4.78, 5) is 23.7. The van der Waals surface area contributed by atoms with E-state index in [-0.39, 0.29) is 23.2 Å². The van der Waals surface area contributed by atoms with E-state index in [1.165, 1.54) is 19.2 Å². The fraction of sp³-hybridized carbons (Fsp3) is 0.435. The van der Waals surface area contributed by atoms with Crippen LogP contribution in [-0.2, 0) is 14.8 Å². The third-order valence-electron chi connectivity index (χ3n) is 6.15. The van der Waals surface area contributed by atoms with E-state index >= 15 is 0 Å². The molecule has 0 radical (unpaired) electrons. The van der Waals surface area contributed by atoms with Crippen LogP contribution in [0.3, 0.4) is 0 Å². The van der Waals surface area contributed by atoms with Gasteiger partial charge in [0.15, 0.2) is 0 Å². The number of non-ortho nitro benzene ring substituents is 1. The van der Waals surface area contributed by atoms with E-state index < -0.39 is 33.0 Å². The topological polar surface area (TPSA) is 128 Å². The van der Waals surface area contributed by atoms with Crippen molar-refractivity contribution in [3.63, 3.8) is 0 Å². The van der Waals surface area contributed by atoms with Crippen molar-refractivity contribution < 1.29 is 27.6 Å². The van der Waals surface area contributed by atoms with Gasteiger partial charge in [-0.1, -0.05) is 32.0 Å². The van der Waals surface area contributed by atoms with Crippen LogP contribution in [0.25, 0.3) is 0 Å². The first kappa shape index (κ1) is 25.3. The van der Waals surface area contributed by atoms with Gasteiger partial charge in [-0.2, -0.15) is 0 Å². The van der Waals surface area contributed by atoms with Gasteiger partial charge in [-0.05, 0) is 25.0 Å². The lowest BCUT2D eigenvalue weighted by molar-refractivity contribution is -0.384. The van der Waals surface area contributed by atoms with Crippen LogP contribution in [0.5, 0.6) is 11.5 Å². The maximum atomic E-state index is 13.1. The van der Waals surface area contributed by atoms with Crippen molar-refractivity contribution in [2.45, 2.75) is 44.8 Å². The van der Waals surface area contributed by atoms with Gasteiger partial charge in [-0.3, -0.25) is 19.2 Å². The molecule has 0 aromatic heterocycles. The van der Waals surface area contributed by atoms with Crippen LogP contribution in [0.4, 0.5) is 11.4 Å². The van der Waals surface area contributed by atoms with Crippen LogP contribution in [0.1, 0.15) is 44.7 Å². The summed E-state index contributed by atoms with van der Waals surface area (Å²) in [5.74, 6) is 0.223. The molecular formula is C23H29N3O7S. The van der Waals surface area contributed by atoms with Crippen LogP contribution < -0.4 is 19.1 Å². The molecule has 0 aliphatic carbocycles. The van der Waals surface area contributed by atoms with Crippen molar-refractivity contribution >= 4 is 27.3 Å². The number of benzene rings is 2. The molecule has 1 heterocycles. The van der Waals surface area contributed by atoms with Gasteiger partial charge in [-0.25, -0.2) is 8.42 Å². The lowest BCUT2D eigenvalue weighted by Gasteiger charge is -2.41. The maximum Gasteiger partial charge on any atom is 0.271 e. The Bertz CT molecular complexity index is 1180. The highest BCUT2D eigenvalue weighted by atomic mass is 32.2. The van der Waals surface area contributed by atoms with Gasteiger partial charge in [0.2, 0.25) is 15.9 Å². The van der Waals surface area contributed by atoms with Crippen LogP contribution in [-0.4, -0.2) is 44.8 Å². The molecule has 0 spiro atoms. The Morgan fingerprint density at radius 3 is 2.53 bits per heavy atom. The molecule has 0 saturated carbocycles. The number of ether oxygens (including phenoxy) is 2. The minimum absolute atomic E-state index is 0.0850. The molecule has 0 saturated heterocycles. The van der Waals surface area contributed by atoms with Crippen LogP contribution in [0.2, 0.25) is 0 Å². The summed E-state index contributed by atoms with van der Waals surface area (Å²) in [5, 5.41) is 14.2. The van der Waals surface area contributed by atoms with E-state index in [2.05, 4.69) is 5.32 Å². The highest BCUT2D eigenvalue weighted by Crippen LogP contribution is 2.42. The number of hydrogen-bond donors (Lipinski definition) is 1. The van der Waals surface area contributed by atoms with Crippen molar-refractivity contribution in [3.8, 4) is 11.5 Å². The molecule has 0 unspecified atom stereocenters. The predicted molar refractivity (Wildman–Crippen MR) is 128 cm³/mol. The number of carbonyl (C=O) groups is 1. The number of anilines is 1. The Morgan fingerprint density at radius 2 is 1.94 bits per heavy atom. The van der Waals surface area contributed by atoms with Crippen LogP contribution >= 0.6 is 0 Å². The average molecular weight is 492 g/mol. The van der Waals surface area contributed by atoms with Crippen molar-refractivity contribution in [2.24, 2.45) is 0 Å². The molecule has 3 rings (SSSR count). The predicted octanol–water partition coefficient (Wildman–Crippen LogP) is 3.57. The second kappa shape index (κ2) is 9.88. The summed E-state index contributed by atoms with van der Waals surface area (Å²) in [6.07, 6.45) is 2.94. The summed E-state index contributed by atoms with van der Waals surface area (Å²) in [7, 11) is -2.66. The zero-order valence-electron chi connectivity index (χ0n) is 19.6. The lowest BCUT2D eigenvalue weighted by Crippen LogP contribution is -2.47. The number of nitro benzene ring substituents is 1. The number of fused-ring (bicyclic) bond motifs is 1. The van der Waals surface area contributed by atoms with Gasteiger partial charge in [0.05, 0.1) is 24.3 Å². The van der Waals surface area contributed by atoms with Crippen LogP contribution in [0.15, 0.2) is 42.5 Å². The number of nitrogens with one attached hydrogen (secondary N) is 1. The van der Waals surface area contributed by atoms with E-state index in [0.29, 0.717) is 12.2 Å². The smallest absolute Gasteiger partial charge is 0.271 e. The van der Waals surface area contributed by atoms with Gasteiger partial charge in [-0.15, -0.1) is 0 Å². The number of methoxy groups -OCH3 is 1. The molecule has 0 bridgehead atoms. The number of para-hydroxylation sites is 1. The largest absolute Gasteiger partial charge is 0.495 e. The van der Waals surface area contributed by atoms with Crippen molar-refractivity contribution in [1.82, 2.24) is 5.32 Å². The summed E-state index contributed by atoms with van der Waals surface area (Å²) in [6.45, 7) is 3.48. The number of rotatable bonds is 9. The molecule has 34 heavy (non-hydrogen) atoms. The first-order valence-corrected chi connectivity index (χ1v) is 12.8. The van der Waals surface area contributed by atoms with Gasteiger partial charge in [0.25, 0.3) is 5.69 Å². The molecule has 0 fully saturated rings. The van der Waals surface area contributed by atoms with E-state index in [0.717, 1.165) is 35.0 Å². The Labute approximate surface area is 199 Å². The summed E-state index contributed by atoms with van der Waals surface area (Å²) < 4.78 is 37.5. The molecule has 10 nitrogen and oxygen atoms in total. The maximum absolute atomic E-state index is 13.1. The zero-order valence-corrected chi connectivity index (χ0v) is 20.4. The highest BCUT2D eigenvalue weighted by molar-refractivity contribution is 7.92. The number of amides is 1. The van der Waals surface area contributed by atoms with E-state index in [1.54, 1.807) is 0 Å². The van der Waals surface area contributed by atoms with E-state index in [4.69, 9.17) is 9.47 Å². The Hall–Kier alpha value is -3.34. The number of nitro groups is 1. The monoisotopic (exact) mass is 491 g/mol. The van der Waals surface area contributed by atoms with E-state index in [1.807, 2.05) is 38.1 Å². The first-order chi connectivity index (χ1) is 16.0. The van der Waals surface area contributed by atoms with Crippen molar-refractivity contribution in [3.05, 3.63) is 58.1 Å². The van der Waals surface area contributed by atoms with Gasteiger partial charge < -0.3 is 14.8 Å². The van der Waals surface area contributed by atoms with E-state index in [9.17, 15) is 23.3 Å². The van der Waals surface area contributed by atoms with Crippen molar-refractivity contribution in [1.29, 1.82) is 0 Å². The molecule has 1 amide bonds. The third-order valence-corrected chi connectivity index (χ3v) is 7.28. The number of hydrogen-bond acceptors (Lipinski definition) is 7. The second-order valence-electron chi connectivity index (χ2n) is 8.24. The Balaban J connectivity index is 1.93. The molecule has 184 valence electrons. The molecule has 1 aliphatic rings. The summed E-state index contributed by atoms with van der Waals surface area (Å²) >= 11 is 0. The van der Waals surface area contributed by atoms with Crippen molar-refractivity contribution in [2.75, 3.05) is 24.2 Å². The highest BCUT2D eigenvalue weighted by Gasteiger charge is 2.39. The quantitative estimate of drug-likeness (QED) is 0.419. The number of carbonyl (C=O) groups excluding carboxylic acids is 1.